The monoisotopic (exact) mass is 431 g/mol. The molecule has 0 aliphatic carbocycles. The molecule has 2 atom stereocenters. The second-order valence-corrected chi connectivity index (χ2v) is 8.85. The number of carbonyl (C=O) groups excluding carboxylic acids is 1. The predicted molar refractivity (Wildman–Crippen MR) is 121 cm³/mol. The van der Waals surface area contributed by atoms with Crippen molar-refractivity contribution >= 4 is 11.9 Å². The van der Waals surface area contributed by atoms with Crippen LogP contribution in [0, 0.1) is 11.3 Å². The fourth-order valence-corrected chi connectivity index (χ4v) is 4.52. The van der Waals surface area contributed by atoms with E-state index in [2.05, 4.69) is 44.8 Å². The summed E-state index contributed by atoms with van der Waals surface area (Å²) in [5.74, 6) is 0.522. The van der Waals surface area contributed by atoms with Gasteiger partial charge < -0.3 is 26.2 Å². The summed E-state index contributed by atoms with van der Waals surface area (Å²) < 4.78 is 5.56. The van der Waals surface area contributed by atoms with Crippen molar-refractivity contribution in [3.8, 4) is 0 Å². The molecule has 1 aromatic rings. The van der Waals surface area contributed by atoms with Crippen LogP contribution >= 0.6 is 0 Å². The maximum absolute atomic E-state index is 11.5. The number of nitrogens with one attached hydrogen (secondary N) is 2. The number of aliphatic imine (C=N–C) groups is 1. The average Bonchev–Trinajstić information content (AvgIpc) is 3.23. The Morgan fingerprint density at radius 3 is 2.94 bits per heavy atom. The molecule has 8 nitrogen and oxygen atoms in total. The van der Waals surface area contributed by atoms with E-state index in [1.807, 2.05) is 0 Å². The van der Waals surface area contributed by atoms with Gasteiger partial charge in [0.25, 0.3) is 0 Å². The van der Waals surface area contributed by atoms with E-state index in [0.717, 1.165) is 64.4 Å². The van der Waals surface area contributed by atoms with Gasteiger partial charge in [-0.15, -0.1) is 0 Å². The number of amides is 1. The summed E-state index contributed by atoms with van der Waals surface area (Å²) in [5, 5.41) is 16.2. The molecule has 0 spiro atoms. The minimum atomic E-state index is -0.188. The molecular formula is C23H37N5O3. The molecule has 0 aromatic heterocycles. The molecule has 0 radical (unpaired) electrons. The minimum absolute atomic E-state index is 0.0243. The van der Waals surface area contributed by atoms with E-state index in [1.54, 1.807) is 7.05 Å². The van der Waals surface area contributed by atoms with Crippen molar-refractivity contribution in [1.82, 2.24) is 15.5 Å². The number of rotatable bonds is 9. The molecule has 3 rings (SSSR count). The SMILES string of the molecule is CN=C(NCc1cccc(CN2CCCC(C(N)=O)C2)c1)NCC1(CCO)CCOC1. The summed E-state index contributed by atoms with van der Waals surface area (Å²) in [7, 11) is 1.77. The second kappa shape index (κ2) is 11.5. The Labute approximate surface area is 185 Å². The van der Waals surface area contributed by atoms with Crippen LogP contribution in [0.4, 0.5) is 0 Å². The third-order valence-corrected chi connectivity index (χ3v) is 6.45. The fourth-order valence-electron chi connectivity index (χ4n) is 4.52. The minimum Gasteiger partial charge on any atom is -0.396 e. The van der Waals surface area contributed by atoms with Crippen molar-refractivity contribution < 1.29 is 14.6 Å². The summed E-state index contributed by atoms with van der Waals surface area (Å²) >= 11 is 0. The maximum atomic E-state index is 11.5. The number of aliphatic hydroxyl groups excluding tert-OH is 1. The first-order chi connectivity index (χ1) is 15.0. The number of benzene rings is 1. The van der Waals surface area contributed by atoms with Crippen molar-refractivity contribution in [2.75, 3.05) is 46.5 Å². The zero-order valence-electron chi connectivity index (χ0n) is 18.6. The third kappa shape index (κ3) is 6.92. The third-order valence-electron chi connectivity index (χ3n) is 6.45. The molecule has 1 aromatic carbocycles. The van der Waals surface area contributed by atoms with Gasteiger partial charge in [0.05, 0.1) is 12.5 Å². The zero-order chi connectivity index (χ0) is 22.1. The van der Waals surface area contributed by atoms with Crippen LogP contribution in [0.5, 0.6) is 0 Å². The summed E-state index contributed by atoms with van der Waals surface area (Å²) in [6.07, 6.45) is 3.59. The standard InChI is InChI=1S/C23H37N5O3/c1-25-22(27-16-23(7-10-29)8-11-31-17-23)26-13-18-4-2-5-19(12-18)14-28-9-3-6-20(15-28)21(24)30/h2,4-5,12,20,29H,3,6-11,13-17H2,1H3,(H2,24,30)(H2,25,26,27). The highest BCUT2D eigenvalue weighted by Crippen LogP contribution is 2.31. The Kier molecular flexibility index (Phi) is 8.69. The largest absolute Gasteiger partial charge is 0.396 e. The normalized spacial score (nSPS) is 24.8. The lowest BCUT2D eigenvalue weighted by Gasteiger charge is -2.31. The molecule has 2 heterocycles. The number of hydrogen-bond donors (Lipinski definition) is 4. The highest BCUT2D eigenvalue weighted by Gasteiger charge is 2.34. The van der Waals surface area contributed by atoms with E-state index >= 15 is 0 Å². The lowest BCUT2D eigenvalue weighted by Crippen LogP contribution is -2.44. The van der Waals surface area contributed by atoms with E-state index in [0.29, 0.717) is 13.2 Å². The summed E-state index contributed by atoms with van der Waals surface area (Å²) in [4.78, 5) is 18.2. The van der Waals surface area contributed by atoms with Crippen LogP contribution < -0.4 is 16.4 Å². The lowest BCUT2D eigenvalue weighted by molar-refractivity contribution is -0.123. The van der Waals surface area contributed by atoms with Crippen molar-refractivity contribution in [3.05, 3.63) is 35.4 Å². The van der Waals surface area contributed by atoms with Crippen molar-refractivity contribution in [3.63, 3.8) is 0 Å². The van der Waals surface area contributed by atoms with Crippen LogP contribution in [-0.4, -0.2) is 68.4 Å². The number of guanidine groups is 1. The molecule has 2 saturated heterocycles. The zero-order valence-corrected chi connectivity index (χ0v) is 18.6. The number of ether oxygens (including phenoxy) is 1. The molecule has 2 unspecified atom stereocenters. The summed E-state index contributed by atoms with van der Waals surface area (Å²) in [6.45, 7) is 5.56. The van der Waals surface area contributed by atoms with Gasteiger partial charge >= 0.3 is 0 Å². The fraction of sp³-hybridized carbons (Fsp3) is 0.652. The molecule has 2 fully saturated rings. The number of likely N-dealkylation sites (tertiary alicyclic amines) is 1. The van der Waals surface area contributed by atoms with Crippen LogP contribution in [0.3, 0.4) is 0 Å². The predicted octanol–water partition coefficient (Wildman–Crippen LogP) is 0.838. The van der Waals surface area contributed by atoms with E-state index in [4.69, 9.17) is 10.5 Å². The molecule has 2 aliphatic rings. The van der Waals surface area contributed by atoms with Gasteiger partial charge in [0.2, 0.25) is 5.91 Å². The molecule has 0 saturated carbocycles. The molecule has 1 amide bonds. The molecule has 2 aliphatic heterocycles. The lowest BCUT2D eigenvalue weighted by atomic mass is 9.84. The first kappa shape index (κ1) is 23.5. The topological polar surface area (TPSA) is 112 Å². The first-order valence-electron chi connectivity index (χ1n) is 11.3. The molecule has 0 bridgehead atoms. The van der Waals surface area contributed by atoms with Gasteiger partial charge in [-0.05, 0) is 43.4 Å². The van der Waals surface area contributed by atoms with E-state index in [-0.39, 0.29) is 23.8 Å². The Morgan fingerprint density at radius 1 is 1.39 bits per heavy atom. The molecule has 172 valence electrons. The number of primary amides is 1. The van der Waals surface area contributed by atoms with E-state index in [1.165, 1.54) is 11.1 Å². The van der Waals surface area contributed by atoms with Gasteiger partial charge in [0, 0.05) is 51.9 Å². The molecular weight excluding hydrogens is 394 g/mol. The van der Waals surface area contributed by atoms with Crippen molar-refractivity contribution in [2.24, 2.45) is 22.1 Å². The Balaban J connectivity index is 1.50. The highest BCUT2D eigenvalue weighted by molar-refractivity contribution is 5.79. The maximum Gasteiger partial charge on any atom is 0.221 e. The van der Waals surface area contributed by atoms with Crippen molar-refractivity contribution in [1.29, 1.82) is 0 Å². The van der Waals surface area contributed by atoms with Gasteiger partial charge in [0.1, 0.15) is 0 Å². The summed E-state index contributed by atoms with van der Waals surface area (Å²) in [6, 6.07) is 8.50. The Hall–Kier alpha value is -2.16. The number of hydrogen-bond acceptors (Lipinski definition) is 5. The van der Waals surface area contributed by atoms with Crippen LogP contribution in [0.25, 0.3) is 0 Å². The van der Waals surface area contributed by atoms with E-state index in [9.17, 15) is 9.90 Å². The number of nitrogens with two attached hydrogens (primary N) is 1. The number of aliphatic hydroxyl groups is 1. The number of nitrogens with zero attached hydrogens (tertiary/aromatic N) is 2. The van der Waals surface area contributed by atoms with Gasteiger partial charge in [-0.25, -0.2) is 0 Å². The summed E-state index contributed by atoms with van der Waals surface area (Å²) in [5.41, 5.74) is 7.90. The van der Waals surface area contributed by atoms with Crippen molar-refractivity contribution in [2.45, 2.75) is 38.8 Å². The quantitative estimate of drug-likeness (QED) is 0.341. The van der Waals surface area contributed by atoms with Crippen LogP contribution in [-0.2, 0) is 22.6 Å². The van der Waals surface area contributed by atoms with Gasteiger partial charge in [0.15, 0.2) is 5.96 Å². The van der Waals surface area contributed by atoms with Gasteiger partial charge in [-0.2, -0.15) is 0 Å². The molecule has 8 heteroatoms. The highest BCUT2D eigenvalue weighted by atomic mass is 16.5. The van der Waals surface area contributed by atoms with Crippen LogP contribution in [0.2, 0.25) is 0 Å². The molecule has 5 N–H and O–H groups in total. The molecule has 31 heavy (non-hydrogen) atoms. The Morgan fingerprint density at radius 2 is 2.23 bits per heavy atom. The number of piperidine rings is 1. The Bertz CT molecular complexity index is 748. The van der Waals surface area contributed by atoms with E-state index < -0.39 is 0 Å². The number of carbonyl (C=O) groups is 1. The van der Waals surface area contributed by atoms with Crippen LogP contribution in [0.15, 0.2) is 29.3 Å². The average molecular weight is 432 g/mol. The second-order valence-electron chi connectivity index (χ2n) is 8.85. The first-order valence-corrected chi connectivity index (χ1v) is 11.3. The van der Waals surface area contributed by atoms with Crippen LogP contribution in [0.1, 0.15) is 36.8 Å². The van der Waals surface area contributed by atoms with Gasteiger partial charge in [-0.1, -0.05) is 24.3 Å². The van der Waals surface area contributed by atoms with Gasteiger partial charge in [-0.3, -0.25) is 14.7 Å². The smallest absolute Gasteiger partial charge is 0.221 e.